The summed E-state index contributed by atoms with van der Waals surface area (Å²) in [5, 5.41) is 1.76. The summed E-state index contributed by atoms with van der Waals surface area (Å²) in [6, 6.07) is 12.8. The number of carbonyl (C=O) groups excluding carboxylic acids is 1. The van der Waals surface area contributed by atoms with Crippen LogP contribution in [0.4, 0.5) is 0 Å². The second-order valence-electron chi connectivity index (χ2n) is 2.96. The third-order valence-corrected chi connectivity index (χ3v) is 2.18. The molecule has 0 aliphatic carbocycles. The summed E-state index contributed by atoms with van der Waals surface area (Å²) in [5.74, 6) is -0.609. The van der Waals surface area contributed by atoms with E-state index < -0.39 is 5.97 Å². The van der Waals surface area contributed by atoms with Crippen LogP contribution in [0, 0.1) is 0 Å². The SMILES string of the molecule is O=C(OOCl)c1cccc2ccccc12.[Cs]. The number of carbonyl (C=O) groups is 1. The van der Waals surface area contributed by atoms with E-state index in [0.717, 1.165) is 10.8 Å². The van der Waals surface area contributed by atoms with Crippen molar-refractivity contribution in [3.63, 3.8) is 0 Å². The van der Waals surface area contributed by atoms with Gasteiger partial charge in [-0.05, 0) is 16.8 Å². The molecule has 2 aromatic carbocycles. The molecule has 2 rings (SSSR count). The van der Waals surface area contributed by atoms with E-state index in [9.17, 15) is 4.79 Å². The molecule has 0 N–H and O–H groups in total. The van der Waals surface area contributed by atoms with Crippen molar-refractivity contribution in [3.8, 4) is 0 Å². The molecular weight excluding hydrogens is 348 g/mol. The largest absolute Gasteiger partial charge is 0.375 e. The Hall–Kier alpha value is 0.472. The van der Waals surface area contributed by atoms with Gasteiger partial charge in [0.05, 0.1) is 5.56 Å². The van der Waals surface area contributed by atoms with Crippen LogP contribution < -0.4 is 0 Å². The van der Waals surface area contributed by atoms with E-state index in [4.69, 9.17) is 11.9 Å². The monoisotopic (exact) mass is 355 g/mol. The molecule has 5 heteroatoms. The van der Waals surface area contributed by atoms with E-state index in [1.54, 1.807) is 12.1 Å². The molecule has 0 aromatic heterocycles. The molecular formula is C11H7ClCsO3. The normalized spacial score (nSPS) is 9.56. The molecule has 0 aliphatic heterocycles. The van der Waals surface area contributed by atoms with Crippen LogP contribution in [-0.4, -0.2) is 74.9 Å². The second-order valence-corrected chi connectivity index (χ2v) is 3.09. The number of hydrogen-bond acceptors (Lipinski definition) is 3. The van der Waals surface area contributed by atoms with Gasteiger partial charge >= 0.3 is 5.97 Å². The Labute approximate surface area is 157 Å². The topological polar surface area (TPSA) is 35.5 Å². The number of fused-ring (bicyclic) bond motifs is 1. The molecule has 0 aliphatic rings. The minimum atomic E-state index is -0.609. The summed E-state index contributed by atoms with van der Waals surface area (Å²) in [5.41, 5.74) is 0.425. The van der Waals surface area contributed by atoms with E-state index in [2.05, 4.69) is 9.33 Å². The van der Waals surface area contributed by atoms with Crippen LogP contribution in [0.1, 0.15) is 10.4 Å². The fraction of sp³-hybridized carbons (Fsp3) is 0. The Morgan fingerprint density at radius 1 is 1.06 bits per heavy atom. The van der Waals surface area contributed by atoms with E-state index in [1.165, 1.54) is 0 Å². The summed E-state index contributed by atoms with van der Waals surface area (Å²) < 4.78 is 3.83. The molecule has 3 nitrogen and oxygen atoms in total. The van der Waals surface area contributed by atoms with Crippen molar-refractivity contribution in [2.45, 2.75) is 0 Å². The minimum absolute atomic E-state index is 0. The van der Waals surface area contributed by atoms with Crippen molar-refractivity contribution >= 4 is 97.5 Å². The summed E-state index contributed by atoms with van der Waals surface area (Å²) in [7, 11) is 0. The van der Waals surface area contributed by atoms with E-state index >= 15 is 0 Å². The Kier molecular flexibility index (Phi) is 6.38. The summed E-state index contributed by atoms with van der Waals surface area (Å²) >= 11 is 4.85. The third-order valence-electron chi connectivity index (χ3n) is 2.12. The van der Waals surface area contributed by atoms with Crippen LogP contribution in [0.15, 0.2) is 42.5 Å². The van der Waals surface area contributed by atoms with Gasteiger partial charge in [0.25, 0.3) is 0 Å². The predicted molar refractivity (Wildman–Crippen MR) is 62.1 cm³/mol. The number of benzene rings is 2. The zero-order chi connectivity index (χ0) is 10.7. The molecule has 0 bridgehead atoms. The number of rotatable bonds is 2. The van der Waals surface area contributed by atoms with Crippen molar-refractivity contribution in [2.75, 3.05) is 0 Å². The average molecular weight is 356 g/mol. The number of hydrogen-bond donors (Lipinski definition) is 0. The van der Waals surface area contributed by atoms with Crippen molar-refractivity contribution in [1.82, 2.24) is 0 Å². The molecule has 0 heterocycles. The Bertz CT molecular complexity index is 496. The predicted octanol–water partition coefficient (Wildman–Crippen LogP) is 2.70. The average Bonchev–Trinajstić information content (AvgIpc) is 2.28. The van der Waals surface area contributed by atoms with Gasteiger partial charge in [-0.1, -0.05) is 40.8 Å². The minimum Gasteiger partial charge on any atom is -0.275 e. The molecule has 0 atom stereocenters. The van der Waals surface area contributed by atoms with Gasteiger partial charge < -0.3 is 0 Å². The summed E-state index contributed by atoms with van der Waals surface area (Å²) in [4.78, 5) is 15.7. The van der Waals surface area contributed by atoms with Gasteiger partial charge in [-0.3, -0.25) is 4.89 Å². The van der Waals surface area contributed by atoms with Crippen LogP contribution in [0.2, 0.25) is 0 Å². The molecule has 1 radical (unpaired) electrons. The first-order chi connectivity index (χ1) is 7.33. The van der Waals surface area contributed by atoms with Crippen LogP contribution in [-0.2, 0) is 9.33 Å². The molecule has 0 fully saturated rings. The standard InChI is InChI=1S/C11H7ClO3.Cs/c12-15-14-11(13)10-7-3-5-8-4-1-2-6-9(8)10;/h1-7H;. The maximum Gasteiger partial charge on any atom is 0.375 e. The van der Waals surface area contributed by atoms with Gasteiger partial charge in [-0.15, -0.1) is 0 Å². The van der Waals surface area contributed by atoms with Crippen LogP contribution >= 0.6 is 11.9 Å². The second kappa shape index (κ2) is 7.03. The smallest absolute Gasteiger partial charge is 0.275 e. The summed E-state index contributed by atoms with van der Waals surface area (Å²) in [6.45, 7) is 0. The van der Waals surface area contributed by atoms with Gasteiger partial charge in [0.1, 0.15) is 11.9 Å². The first kappa shape index (κ1) is 14.5. The number of halogens is 1. The molecule has 0 amide bonds. The molecule has 0 saturated carbocycles. The van der Waals surface area contributed by atoms with E-state index in [1.807, 2.05) is 30.3 Å². The fourth-order valence-corrected chi connectivity index (χ4v) is 1.53. The molecule has 16 heavy (non-hydrogen) atoms. The van der Waals surface area contributed by atoms with Crippen molar-refractivity contribution in [3.05, 3.63) is 48.0 Å². The van der Waals surface area contributed by atoms with Crippen LogP contribution in [0.3, 0.4) is 0 Å². The van der Waals surface area contributed by atoms with Crippen LogP contribution in [0.25, 0.3) is 10.8 Å². The van der Waals surface area contributed by atoms with E-state index in [0.29, 0.717) is 5.56 Å². The van der Waals surface area contributed by atoms with E-state index in [-0.39, 0.29) is 68.9 Å². The Morgan fingerprint density at radius 3 is 2.50 bits per heavy atom. The van der Waals surface area contributed by atoms with Crippen molar-refractivity contribution in [2.24, 2.45) is 0 Å². The Morgan fingerprint density at radius 2 is 1.75 bits per heavy atom. The molecule has 0 saturated heterocycles. The van der Waals surface area contributed by atoms with Gasteiger partial charge in [0, 0.05) is 68.9 Å². The molecule has 2 aromatic rings. The van der Waals surface area contributed by atoms with Crippen LogP contribution in [0.5, 0.6) is 0 Å². The first-order valence-corrected chi connectivity index (χ1v) is 4.61. The summed E-state index contributed by atoms with van der Waals surface area (Å²) in [6.07, 6.45) is 0. The van der Waals surface area contributed by atoms with Gasteiger partial charge in [0.2, 0.25) is 0 Å². The van der Waals surface area contributed by atoms with Gasteiger partial charge in [-0.2, -0.15) is 0 Å². The zero-order valence-electron chi connectivity index (χ0n) is 8.64. The van der Waals surface area contributed by atoms with Crippen molar-refractivity contribution < 1.29 is 14.1 Å². The molecule has 0 spiro atoms. The Balaban J connectivity index is 0.00000128. The van der Waals surface area contributed by atoms with Crippen molar-refractivity contribution in [1.29, 1.82) is 0 Å². The zero-order valence-corrected chi connectivity index (χ0v) is 15.7. The maximum atomic E-state index is 11.4. The fourth-order valence-electron chi connectivity index (χ4n) is 1.48. The maximum absolute atomic E-state index is 11.4. The molecule has 77 valence electrons. The quantitative estimate of drug-likeness (QED) is 0.614. The van der Waals surface area contributed by atoms with Gasteiger partial charge in [-0.25, -0.2) is 4.79 Å². The third kappa shape index (κ3) is 3.24. The first-order valence-electron chi connectivity index (χ1n) is 4.30. The molecule has 0 unspecified atom stereocenters. The van der Waals surface area contributed by atoms with Gasteiger partial charge in [0.15, 0.2) is 0 Å².